The Balaban J connectivity index is 1.92. The molecule has 368 valence electrons. The Morgan fingerprint density at radius 1 is 0.746 bits per heavy atom. The number of aliphatic carboxylic acids is 1. The third kappa shape index (κ3) is 18.5. The molecule has 0 aliphatic carbocycles. The fourth-order valence-electron chi connectivity index (χ4n) is 7.41. The van der Waals surface area contributed by atoms with Gasteiger partial charge in [-0.15, -0.1) is 0 Å². The molecule has 0 aromatic heterocycles. The number of halogens is 1. The summed E-state index contributed by atoms with van der Waals surface area (Å²) in [5.74, 6) is -5.96. The Labute approximate surface area is 404 Å². The van der Waals surface area contributed by atoms with E-state index in [2.05, 4.69) is 59.2 Å². The first-order valence-electron chi connectivity index (χ1n) is 22.4. The number of phenols is 1. The van der Waals surface area contributed by atoms with Crippen LogP contribution in [0.4, 0.5) is 0 Å². The summed E-state index contributed by atoms with van der Waals surface area (Å²) in [4.78, 5) is 106. The minimum Gasteiger partial charge on any atom is -0.508 e. The lowest BCUT2D eigenvalue weighted by Gasteiger charge is -2.31. The van der Waals surface area contributed by atoms with Gasteiger partial charge in [-0.1, -0.05) is 46.2 Å². The van der Waals surface area contributed by atoms with Gasteiger partial charge in [0, 0.05) is 35.2 Å². The Hall–Kier alpha value is -6.20. The van der Waals surface area contributed by atoms with E-state index < -0.39 is 83.6 Å². The molecule has 0 unspecified atom stereocenters. The minimum absolute atomic E-state index is 0.0256. The van der Waals surface area contributed by atoms with Crippen LogP contribution in [0.2, 0.25) is 0 Å². The zero-order valence-electron chi connectivity index (χ0n) is 38.5. The third-order valence-corrected chi connectivity index (χ3v) is 11.9. The number of nitrogens with one attached hydrogen (secondary N) is 5. The number of guanidine groups is 2. The van der Waals surface area contributed by atoms with Crippen LogP contribution in [0.1, 0.15) is 95.0 Å². The fraction of sp³-hybridized carbons (Fsp3) is 0.533. The van der Waals surface area contributed by atoms with Crippen LogP contribution in [0, 0.1) is 15.4 Å². The van der Waals surface area contributed by atoms with Crippen molar-refractivity contribution in [1.29, 1.82) is 0 Å². The zero-order valence-corrected chi connectivity index (χ0v) is 40.7. The SMILES string of the molecule is CC[C@H](C)[C@@H](NC(=O)[C@H](Cc1ccc(O)cc1)NC(=O)[C@@H]1CCCN1C(=O)[C@H](CCCN=C(N)N)NC(=O)[C@H](CCCN=C(N)N)NC(=O)c1ccc([123I])cc1)C(=O)N[C@H](CC(C)C)C(=O)O. The molecule has 67 heavy (non-hydrogen) atoms. The smallest absolute Gasteiger partial charge is 0.326 e. The number of carbonyl (C=O) groups is 7. The number of aromatic hydroxyl groups is 1. The van der Waals surface area contributed by atoms with Gasteiger partial charge in [0.25, 0.3) is 5.91 Å². The molecule has 15 N–H and O–H groups in total. The summed E-state index contributed by atoms with van der Waals surface area (Å²) in [6, 6.07) is 5.61. The maximum atomic E-state index is 14.6. The standard InChI is InChI=1S/C45H67IN12O9/c1-5-26(4)36(41(64)56-34(43(66)67)23-25(2)3)57-39(62)33(24-27-12-18-30(59)19-13-27)55-40(63)35-11-8-22-58(35)42(65)32(10-7-21-52-45(49)50)54-38(61)31(9-6-20-51-44(47)48)53-37(60)28-14-16-29(46)17-15-28/h12-19,25-26,31-36,59H,5-11,20-24H2,1-4H3,(H,53,60)(H,54,61)(H,55,63)(H,56,64)(H,57,62)(H,66,67)(H4,47,48,51)(H4,49,50,52)/t26-,31-,32-,33-,34+,35-,36+/m0/s1/i46-4. The van der Waals surface area contributed by atoms with Crippen molar-refractivity contribution < 1.29 is 43.8 Å². The summed E-state index contributed by atoms with van der Waals surface area (Å²) in [5.41, 5.74) is 22.9. The number of hydrogen-bond acceptors (Lipinski definition) is 10. The summed E-state index contributed by atoms with van der Waals surface area (Å²) in [6.45, 7) is 7.61. The van der Waals surface area contributed by atoms with Crippen LogP contribution in [0.25, 0.3) is 0 Å². The minimum atomic E-state index is -1.30. The summed E-state index contributed by atoms with van der Waals surface area (Å²) < 4.78 is 0.900. The van der Waals surface area contributed by atoms with Crippen LogP contribution < -0.4 is 49.5 Å². The Morgan fingerprint density at radius 3 is 1.87 bits per heavy atom. The van der Waals surface area contributed by atoms with Gasteiger partial charge in [0.1, 0.15) is 42.0 Å². The van der Waals surface area contributed by atoms with Crippen LogP contribution in [0.15, 0.2) is 58.5 Å². The number of amides is 6. The zero-order chi connectivity index (χ0) is 49.8. The first kappa shape index (κ1) is 55.1. The lowest BCUT2D eigenvalue weighted by molar-refractivity contribution is -0.143. The van der Waals surface area contributed by atoms with E-state index in [1.165, 1.54) is 17.0 Å². The van der Waals surface area contributed by atoms with Crippen LogP contribution in [-0.2, 0) is 35.2 Å². The molecule has 0 spiro atoms. The molecule has 1 aliphatic rings. The van der Waals surface area contributed by atoms with Gasteiger partial charge in [-0.2, -0.15) is 0 Å². The first-order chi connectivity index (χ1) is 31.7. The average Bonchev–Trinajstić information content (AvgIpc) is 3.77. The first-order valence-corrected chi connectivity index (χ1v) is 23.5. The van der Waals surface area contributed by atoms with Crippen LogP contribution in [-0.4, -0.2) is 124 Å². The molecule has 2 aromatic rings. The molecule has 0 radical (unpaired) electrons. The lowest BCUT2D eigenvalue weighted by atomic mass is 9.96. The molecule has 21 nitrogen and oxygen atoms in total. The van der Waals surface area contributed by atoms with Crippen LogP contribution in [0.3, 0.4) is 0 Å². The van der Waals surface area contributed by atoms with Crippen molar-refractivity contribution >= 4 is 75.9 Å². The van der Waals surface area contributed by atoms with Gasteiger partial charge in [0.15, 0.2) is 11.9 Å². The van der Waals surface area contributed by atoms with Crippen molar-refractivity contribution in [3.05, 3.63) is 63.2 Å². The second kappa shape index (κ2) is 27.4. The van der Waals surface area contributed by atoms with Crippen molar-refractivity contribution in [2.24, 2.45) is 44.8 Å². The van der Waals surface area contributed by atoms with Crippen LogP contribution >= 0.6 is 22.6 Å². The number of likely N-dealkylation sites (tertiary alicyclic amines) is 1. The number of carboxylic acids is 1. The van der Waals surface area contributed by atoms with E-state index in [0.29, 0.717) is 30.4 Å². The summed E-state index contributed by atoms with van der Waals surface area (Å²) in [6.07, 6.45) is 1.82. The predicted molar refractivity (Wildman–Crippen MR) is 261 cm³/mol. The maximum absolute atomic E-state index is 14.6. The molecule has 22 heteroatoms. The lowest BCUT2D eigenvalue weighted by Crippen LogP contribution is -2.60. The molecule has 0 bridgehead atoms. The van der Waals surface area contributed by atoms with Crippen molar-refractivity contribution in [3.63, 3.8) is 0 Å². The number of rotatable bonds is 26. The van der Waals surface area contributed by atoms with Gasteiger partial charge in [0.05, 0.1) is 0 Å². The van der Waals surface area contributed by atoms with Gasteiger partial charge in [-0.3, -0.25) is 38.8 Å². The second-order valence-corrected chi connectivity index (χ2v) is 18.3. The molecule has 1 saturated heterocycles. The highest BCUT2D eigenvalue weighted by molar-refractivity contribution is 14.1. The number of nitrogens with two attached hydrogens (primary N) is 4. The van der Waals surface area contributed by atoms with Gasteiger partial charge in [-0.25, -0.2) is 4.79 Å². The predicted octanol–water partition coefficient (Wildman–Crippen LogP) is 0.552. The highest BCUT2D eigenvalue weighted by Gasteiger charge is 2.40. The molecule has 6 amide bonds. The van der Waals surface area contributed by atoms with Crippen LogP contribution in [0.5, 0.6) is 5.75 Å². The Kier molecular flexibility index (Phi) is 22.6. The highest BCUT2D eigenvalue weighted by Crippen LogP contribution is 2.22. The molecule has 1 fully saturated rings. The van der Waals surface area contributed by atoms with E-state index in [0.717, 1.165) is 3.57 Å². The largest absolute Gasteiger partial charge is 0.508 e. The number of carboxylic acid groups (broad SMARTS) is 1. The van der Waals surface area contributed by atoms with E-state index in [1.807, 2.05) is 20.8 Å². The number of aliphatic imine (C=N–C) groups is 2. The van der Waals surface area contributed by atoms with Gasteiger partial charge >= 0.3 is 5.97 Å². The number of phenolic OH excluding ortho intramolecular Hbond substituents is 1. The molecule has 3 rings (SSSR count). The quantitative estimate of drug-likeness (QED) is 0.0266. The average molecular weight is 1040 g/mol. The number of benzene rings is 2. The fourth-order valence-corrected chi connectivity index (χ4v) is 7.77. The summed E-state index contributed by atoms with van der Waals surface area (Å²) >= 11 is 2.11. The van der Waals surface area contributed by atoms with Gasteiger partial charge < -0.3 is 64.6 Å². The van der Waals surface area contributed by atoms with Crippen molar-refractivity contribution in [3.8, 4) is 5.75 Å². The van der Waals surface area contributed by atoms with Crippen molar-refractivity contribution in [2.75, 3.05) is 19.6 Å². The highest BCUT2D eigenvalue weighted by atomic mass is 123. The van der Waals surface area contributed by atoms with E-state index >= 15 is 0 Å². The van der Waals surface area contributed by atoms with Gasteiger partial charge in [0.2, 0.25) is 29.5 Å². The number of carbonyl (C=O) groups excluding carboxylic acids is 6. The molecule has 7 atom stereocenters. The summed E-state index contributed by atoms with van der Waals surface area (Å²) in [5, 5.41) is 33.4. The van der Waals surface area contributed by atoms with E-state index in [-0.39, 0.29) is 81.7 Å². The molecule has 1 aliphatic heterocycles. The van der Waals surface area contributed by atoms with E-state index in [1.54, 1.807) is 43.3 Å². The van der Waals surface area contributed by atoms with Gasteiger partial charge in [-0.05, 0) is 121 Å². The number of nitrogens with zero attached hydrogens (tertiary/aromatic N) is 3. The Morgan fingerprint density at radius 2 is 1.31 bits per heavy atom. The third-order valence-electron chi connectivity index (χ3n) is 11.2. The number of hydrogen-bond donors (Lipinski definition) is 11. The topological polar surface area (TPSA) is 352 Å². The van der Waals surface area contributed by atoms with Crippen molar-refractivity contribution in [2.45, 2.75) is 122 Å². The van der Waals surface area contributed by atoms with Crippen molar-refractivity contribution in [1.82, 2.24) is 31.5 Å². The molecule has 0 saturated carbocycles. The molecular formula is C45H67IN12O9. The second-order valence-electron chi connectivity index (χ2n) is 17.0. The van der Waals surface area contributed by atoms with E-state index in [9.17, 15) is 43.8 Å². The normalized spacial score (nSPS) is 16.0. The monoisotopic (exact) mass is 1040 g/mol. The summed E-state index contributed by atoms with van der Waals surface area (Å²) in [7, 11) is 0. The molecular weight excluding hydrogens is 975 g/mol. The van der Waals surface area contributed by atoms with E-state index in [4.69, 9.17) is 22.9 Å². The Bertz CT molecular complexity index is 2060. The molecule has 1 heterocycles. The maximum Gasteiger partial charge on any atom is 0.326 e. The molecule has 2 aromatic carbocycles.